The van der Waals surface area contributed by atoms with Gasteiger partial charge in [-0.2, -0.15) is 16.7 Å². The Balaban J connectivity index is 1.66. The van der Waals surface area contributed by atoms with Crippen molar-refractivity contribution in [2.75, 3.05) is 11.5 Å². The summed E-state index contributed by atoms with van der Waals surface area (Å²) in [5.74, 6) is 2.07. The second-order valence-corrected chi connectivity index (χ2v) is 6.35. The van der Waals surface area contributed by atoms with Crippen LogP contribution in [0.15, 0.2) is 33.7 Å². The minimum absolute atomic E-state index is 0.131. The van der Waals surface area contributed by atoms with Crippen molar-refractivity contribution in [3.8, 4) is 0 Å². The van der Waals surface area contributed by atoms with Crippen molar-refractivity contribution in [3.63, 3.8) is 0 Å². The Kier molecular flexibility index (Phi) is 4.07. The molecule has 1 saturated heterocycles. The molecule has 1 atom stereocenters. The molecule has 1 aliphatic rings. The van der Waals surface area contributed by atoms with Crippen molar-refractivity contribution >= 4 is 29.3 Å². The van der Waals surface area contributed by atoms with Crippen LogP contribution in [0.2, 0.25) is 0 Å². The summed E-state index contributed by atoms with van der Waals surface area (Å²) in [6, 6.07) is 6.55. The number of benzene rings is 1. The highest BCUT2D eigenvalue weighted by molar-refractivity contribution is 8.00. The zero-order valence-corrected chi connectivity index (χ0v) is 12.0. The van der Waals surface area contributed by atoms with Crippen molar-refractivity contribution in [1.29, 1.82) is 0 Å². The standard InChI is InChI=1S/C13H11FN2O2S2/c14-9-3-1-2-4-11(9)20-7-12-15-13(18-16-12)8-5-19-6-10(8)17/h1-4,8H,5-7H2. The van der Waals surface area contributed by atoms with E-state index in [0.717, 1.165) is 0 Å². The van der Waals surface area contributed by atoms with E-state index in [1.807, 2.05) is 0 Å². The molecule has 4 nitrogen and oxygen atoms in total. The Bertz CT molecular complexity index is 632. The van der Waals surface area contributed by atoms with Crippen LogP contribution >= 0.6 is 23.5 Å². The number of Topliss-reactive ketones (excluding diaryl/α,β-unsaturated/α-hetero) is 1. The molecule has 1 fully saturated rings. The van der Waals surface area contributed by atoms with Crippen molar-refractivity contribution in [2.24, 2.45) is 0 Å². The minimum atomic E-state index is -0.278. The van der Waals surface area contributed by atoms with Crippen LogP contribution in [0.3, 0.4) is 0 Å². The van der Waals surface area contributed by atoms with Gasteiger partial charge in [-0.05, 0) is 12.1 Å². The summed E-state index contributed by atoms with van der Waals surface area (Å²) in [5, 5.41) is 3.85. The number of carbonyl (C=O) groups excluding carboxylic acids is 1. The molecule has 3 rings (SSSR count). The fourth-order valence-corrected chi connectivity index (χ4v) is 3.72. The fourth-order valence-electron chi connectivity index (χ4n) is 1.85. The van der Waals surface area contributed by atoms with E-state index in [9.17, 15) is 9.18 Å². The lowest BCUT2D eigenvalue weighted by atomic mass is 10.1. The first kappa shape index (κ1) is 13.6. The van der Waals surface area contributed by atoms with E-state index in [2.05, 4.69) is 10.1 Å². The van der Waals surface area contributed by atoms with Gasteiger partial charge in [-0.15, -0.1) is 11.8 Å². The number of halogens is 1. The molecule has 1 unspecified atom stereocenters. The molecule has 20 heavy (non-hydrogen) atoms. The number of carbonyl (C=O) groups is 1. The van der Waals surface area contributed by atoms with Crippen molar-refractivity contribution < 1.29 is 13.7 Å². The second kappa shape index (κ2) is 5.97. The molecule has 7 heteroatoms. The average molecular weight is 310 g/mol. The normalized spacial score (nSPS) is 18.6. The largest absolute Gasteiger partial charge is 0.338 e. The second-order valence-electron chi connectivity index (χ2n) is 4.30. The molecule has 104 valence electrons. The molecule has 2 aromatic rings. The maximum absolute atomic E-state index is 13.5. The molecular formula is C13H11FN2O2S2. The average Bonchev–Trinajstić information content (AvgIpc) is 3.06. The molecule has 0 bridgehead atoms. The molecule has 1 aromatic carbocycles. The maximum Gasteiger partial charge on any atom is 0.238 e. The number of ketones is 1. The van der Waals surface area contributed by atoms with Crippen LogP contribution in [0.5, 0.6) is 0 Å². The SMILES string of the molecule is O=C1CSCC1c1nc(CSc2ccccc2F)no1. The van der Waals surface area contributed by atoms with Gasteiger partial charge < -0.3 is 4.52 Å². The molecular weight excluding hydrogens is 299 g/mol. The Morgan fingerprint density at radius 3 is 3.05 bits per heavy atom. The van der Waals surface area contributed by atoms with Gasteiger partial charge >= 0.3 is 0 Å². The number of hydrogen-bond donors (Lipinski definition) is 0. The number of nitrogens with zero attached hydrogens (tertiary/aromatic N) is 2. The summed E-state index contributed by atoms with van der Waals surface area (Å²) in [4.78, 5) is 16.4. The lowest BCUT2D eigenvalue weighted by molar-refractivity contribution is -0.117. The Morgan fingerprint density at radius 1 is 1.45 bits per heavy atom. The Hall–Kier alpha value is -1.34. The molecule has 0 N–H and O–H groups in total. The Labute approximate surface area is 123 Å². The van der Waals surface area contributed by atoms with Gasteiger partial charge in [-0.3, -0.25) is 4.79 Å². The van der Waals surface area contributed by atoms with E-state index < -0.39 is 0 Å². The summed E-state index contributed by atoms with van der Waals surface area (Å²) < 4.78 is 18.6. The molecule has 0 radical (unpaired) electrons. The van der Waals surface area contributed by atoms with Gasteiger partial charge in [0.25, 0.3) is 0 Å². The van der Waals surface area contributed by atoms with Gasteiger partial charge in [-0.1, -0.05) is 17.3 Å². The van der Waals surface area contributed by atoms with Crippen LogP contribution in [0, 0.1) is 5.82 Å². The predicted octanol–water partition coefficient (Wildman–Crippen LogP) is 2.90. The first-order valence-corrected chi connectivity index (χ1v) is 8.18. The van der Waals surface area contributed by atoms with Crippen LogP contribution in [0.4, 0.5) is 4.39 Å². The number of thioether (sulfide) groups is 2. The summed E-state index contributed by atoms with van der Waals surface area (Å²) in [5.41, 5.74) is 0. The summed E-state index contributed by atoms with van der Waals surface area (Å²) in [6.07, 6.45) is 0. The molecule has 1 aromatic heterocycles. The van der Waals surface area contributed by atoms with Gasteiger partial charge in [0.1, 0.15) is 11.7 Å². The van der Waals surface area contributed by atoms with Crippen LogP contribution in [-0.4, -0.2) is 27.4 Å². The van der Waals surface area contributed by atoms with Gasteiger partial charge in [0.15, 0.2) is 11.6 Å². The monoisotopic (exact) mass is 310 g/mol. The first-order valence-electron chi connectivity index (χ1n) is 6.04. The summed E-state index contributed by atoms with van der Waals surface area (Å²) >= 11 is 2.88. The highest BCUT2D eigenvalue weighted by Gasteiger charge is 2.31. The van der Waals surface area contributed by atoms with E-state index in [-0.39, 0.29) is 17.5 Å². The zero-order chi connectivity index (χ0) is 13.9. The topological polar surface area (TPSA) is 56.0 Å². The highest BCUT2D eigenvalue weighted by Crippen LogP contribution is 2.29. The number of rotatable bonds is 4. The van der Waals surface area contributed by atoms with Crippen LogP contribution in [-0.2, 0) is 10.5 Å². The summed E-state index contributed by atoms with van der Waals surface area (Å²) in [7, 11) is 0. The van der Waals surface area contributed by atoms with E-state index in [0.29, 0.717) is 33.9 Å². The van der Waals surface area contributed by atoms with Crippen LogP contribution < -0.4 is 0 Å². The quantitative estimate of drug-likeness (QED) is 0.809. The van der Waals surface area contributed by atoms with Crippen LogP contribution in [0.1, 0.15) is 17.6 Å². The third-order valence-electron chi connectivity index (χ3n) is 2.89. The highest BCUT2D eigenvalue weighted by atomic mass is 32.2. The van der Waals surface area contributed by atoms with Gasteiger partial charge in [0.05, 0.1) is 11.5 Å². The lowest BCUT2D eigenvalue weighted by Crippen LogP contribution is -2.09. The molecule has 0 amide bonds. The molecule has 2 heterocycles. The summed E-state index contributed by atoms with van der Waals surface area (Å²) in [6.45, 7) is 0. The predicted molar refractivity (Wildman–Crippen MR) is 75.3 cm³/mol. The van der Waals surface area contributed by atoms with E-state index >= 15 is 0 Å². The lowest BCUT2D eigenvalue weighted by Gasteiger charge is -1.99. The molecule has 0 saturated carbocycles. The third-order valence-corrected chi connectivity index (χ3v) is 5.00. The fraction of sp³-hybridized carbons (Fsp3) is 0.308. The molecule has 0 aliphatic carbocycles. The zero-order valence-electron chi connectivity index (χ0n) is 10.4. The number of aromatic nitrogens is 2. The van der Waals surface area contributed by atoms with Crippen molar-refractivity contribution in [3.05, 3.63) is 41.8 Å². The van der Waals surface area contributed by atoms with Gasteiger partial charge in [-0.25, -0.2) is 4.39 Å². The molecule has 0 spiro atoms. The maximum atomic E-state index is 13.5. The Morgan fingerprint density at radius 2 is 2.30 bits per heavy atom. The van der Waals surface area contributed by atoms with E-state index in [4.69, 9.17) is 4.52 Å². The number of hydrogen-bond acceptors (Lipinski definition) is 6. The smallest absolute Gasteiger partial charge is 0.238 e. The van der Waals surface area contributed by atoms with Gasteiger partial charge in [0, 0.05) is 10.6 Å². The first-order chi connectivity index (χ1) is 9.74. The third kappa shape index (κ3) is 2.88. The minimum Gasteiger partial charge on any atom is -0.338 e. The van der Waals surface area contributed by atoms with Crippen molar-refractivity contribution in [1.82, 2.24) is 10.1 Å². The van der Waals surface area contributed by atoms with Gasteiger partial charge in [0.2, 0.25) is 5.89 Å². The van der Waals surface area contributed by atoms with Crippen LogP contribution in [0.25, 0.3) is 0 Å². The van der Waals surface area contributed by atoms with E-state index in [1.54, 1.807) is 30.0 Å². The van der Waals surface area contributed by atoms with Crippen molar-refractivity contribution in [2.45, 2.75) is 16.6 Å². The van der Waals surface area contributed by atoms with E-state index in [1.165, 1.54) is 17.8 Å². The molecule has 1 aliphatic heterocycles.